The minimum Gasteiger partial charge on any atom is -0.487 e. The molecule has 4 rings (SSSR count). The van der Waals surface area contributed by atoms with Gasteiger partial charge in [-0.05, 0) is 17.7 Å². The first-order chi connectivity index (χ1) is 13.6. The number of ether oxygens (including phenoxy) is 1. The summed E-state index contributed by atoms with van der Waals surface area (Å²) in [5, 5.41) is 6.48. The number of carbonyl (C=O) groups is 2. The Morgan fingerprint density at radius 2 is 2.07 bits per heavy atom. The number of hydrogen-bond acceptors (Lipinski definition) is 6. The molecule has 0 bridgehead atoms. The lowest BCUT2D eigenvalue weighted by Crippen LogP contribution is -2.49. The maximum Gasteiger partial charge on any atom is 0.274 e. The highest BCUT2D eigenvalue weighted by atomic mass is 16.5. The van der Waals surface area contributed by atoms with E-state index in [0.717, 1.165) is 5.56 Å². The first-order valence-corrected chi connectivity index (χ1v) is 8.77. The maximum absolute atomic E-state index is 12.7. The van der Waals surface area contributed by atoms with Crippen LogP contribution in [0, 0.1) is 0 Å². The zero-order valence-corrected chi connectivity index (χ0v) is 15.2. The van der Waals surface area contributed by atoms with Crippen molar-refractivity contribution < 1.29 is 18.8 Å². The van der Waals surface area contributed by atoms with E-state index in [9.17, 15) is 9.59 Å². The first-order valence-electron chi connectivity index (χ1n) is 8.77. The van der Waals surface area contributed by atoms with E-state index in [1.807, 2.05) is 30.3 Å². The number of aromatic nitrogens is 2. The Balaban J connectivity index is 1.45. The van der Waals surface area contributed by atoms with Gasteiger partial charge in [0.25, 0.3) is 11.8 Å². The van der Waals surface area contributed by atoms with Crippen LogP contribution in [0.4, 0.5) is 5.82 Å². The van der Waals surface area contributed by atoms with Gasteiger partial charge in [-0.15, -0.1) is 0 Å². The molecule has 0 saturated carbocycles. The van der Waals surface area contributed by atoms with Crippen LogP contribution in [-0.4, -0.2) is 41.7 Å². The normalized spacial score (nSPS) is 16.1. The van der Waals surface area contributed by atoms with Crippen LogP contribution in [0.5, 0.6) is 5.75 Å². The van der Waals surface area contributed by atoms with Crippen LogP contribution in [0.2, 0.25) is 0 Å². The topological polar surface area (TPSA) is 97.6 Å². The second-order valence-electron chi connectivity index (χ2n) is 6.40. The molecule has 2 aromatic heterocycles. The van der Waals surface area contributed by atoms with Gasteiger partial charge < -0.3 is 14.6 Å². The Bertz CT molecular complexity index is 1000. The molecule has 0 saturated heterocycles. The standard InChI is InChI=1S/C20H18N4O4/c1-24-18-17(8-5-9-21-18)27-12-16(20(24)26)22-19(25)15-11-14(28-23-15)10-13-6-3-2-4-7-13/h2-9,11,16H,10,12H2,1H3,(H,22,25). The van der Waals surface area contributed by atoms with E-state index in [0.29, 0.717) is 23.7 Å². The van der Waals surface area contributed by atoms with Crippen molar-refractivity contribution in [2.24, 2.45) is 0 Å². The summed E-state index contributed by atoms with van der Waals surface area (Å²) in [6, 6.07) is 13.9. The molecule has 1 aliphatic rings. The lowest BCUT2D eigenvalue weighted by Gasteiger charge is -2.19. The number of hydrogen-bond donors (Lipinski definition) is 1. The molecule has 1 N–H and O–H groups in total. The predicted octanol–water partition coefficient (Wildman–Crippen LogP) is 1.81. The number of nitrogens with zero attached hydrogens (tertiary/aromatic N) is 3. The summed E-state index contributed by atoms with van der Waals surface area (Å²) in [6.07, 6.45) is 2.10. The van der Waals surface area contributed by atoms with E-state index in [2.05, 4.69) is 15.5 Å². The average molecular weight is 378 g/mol. The number of amides is 2. The Hall–Kier alpha value is -3.68. The summed E-state index contributed by atoms with van der Waals surface area (Å²) >= 11 is 0. The number of likely N-dealkylation sites (N-methyl/N-ethyl adjacent to an activating group) is 1. The number of fused-ring (bicyclic) bond motifs is 1. The smallest absolute Gasteiger partial charge is 0.274 e. The highest BCUT2D eigenvalue weighted by Gasteiger charge is 2.32. The SMILES string of the molecule is CN1C(=O)C(NC(=O)c2cc(Cc3ccccc3)on2)COc2cccnc21. The molecule has 8 nitrogen and oxygen atoms in total. The Morgan fingerprint density at radius 3 is 2.89 bits per heavy atom. The molecule has 0 spiro atoms. The fraction of sp³-hybridized carbons (Fsp3) is 0.200. The predicted molar refractivity (Wildman–Crippen MR) is 100 cm³/mol. The minimum atomic E-state index is -0.860. The zero-order chi connectivity index (χ0) is 19.5. The Labute approximate surface area is 161 Å². The summed E-state index contributed by atoms with van der Waals surface area (Å²) < 4.78 is 10.9. The van der Waals surface area contributed by atoms with Crippen molar-refractivity contribution in [1.29, 1.82) is 0 Å². The molecule has 0 radical (unpaired) electrons. The van der Waals surface area contributed by atoms with E-state index in [-0.39, 0.29) is 18.2 Å². The van der Waals surface area contributed by atoms with Crippen LogP contribution < -0.4 is 15.0 Å². The highest BCUT2D eigenvalue weighted by Crippen LogP contribution is 2.27. The number of benzene rings is 1. The fourth-order valence-corrected chi connectivity index (χ4v) is 2.97. The molecule has 1 atom stereocenters. The molecule has 1 aromatic carbocycles. The van der Waals surface area contributed by atoms with E-state index in [4.69, 9.17) is 9.26 Å². The maximum atomic E-state index is 12.7. The number of anilines is 1. The van der Waals surface area contributed by atoms with Gasteiger partial charge in [0.1, 0.15) is 18.4 Å². The van der Waals surface area contributed by atoms with Crippen molar-refractivity contribution in [1.82, 2.24) is 15.5 Å². The Kier molecular flexibility index (Phi) is 4.76. The van der Waals surface area contributed by atoms with E-state index in [1.54, 1.807) is 31.4 Å². The third-order valence-electron chi connectivity index (χ3n) is 4.42. The monoisotopic (exact) mass is 378 g/mol. The first kappa shape index (κ1) is 17.7. The molecule has 1 aliphatic heterocycles. The second-order valence-corrected chi connectivity index (χ2v) is 6.40. The lowest BCUT2D eigenvalue weighted by molar-refractivity contribution is -0.120. The number of pyridine rings is 1. The number of nitrogens with one attached hydrogen (secondary N) is 1. The average Bonchev–Trinajstić information content (AvgIpc) is 3.15. The molecule has 1 unspecified atom stereocenters. The van der Waals surface area contributed by atoms with Crippen LogP contribution >= 0.6 is 0 Å². The second kappa shape index (κ2) is 7.51. The van der Waals surface area contributed by atoms with Gasteiger partial charge in [0.15, 0.2) is 17.3 Å². The molecular weight excluding hydrogens is 360 g/mol. The van der Waals surface area contributed by atoms with E-state index >= 15 is 0 Å². The van der Waals surface area contributed by atoms with Crippen molar-refractivity contribution in [2.45, 2.75) is 12.5 Å². The van der Waals surface area contributed by atoms with Gasteiger partial charge in [-0.2, -0.15) is 0 Å². The third-order valence-corrected chi connectivity index (χ3v) is 4.42. The summed E-state index contributed by atoms with van der Waals surface area (Å²) in [5.74, 6) is 0.641. The van der Waals surface area contributed by atoms with Crippen LogP contribution in [0.15, 0.2) is 59.3 Å². The summed E-state index contributed by atoms with van der Waals surface area (Å²) in [5.41, 5.74) is 1.16. The van der Waals surface area contributed by atoms with E-state index < -0.39 is 11.9 Å². The van der Waals surface area contributed by atoms with Gasteiger partial charge in [0, 0.05) is 25.7 Å². The van der Waals surface area contributed by atoms with Crippen molar-refractivity contribution in [3.63, 3.8) is 0 Å². The number of carbonyl (C=O) groups excluding carboxylic acids is 2. The Morgan fingerprint density at radius 1 is 1.25 bits per heavy atom. The zero-order valence-electron chi connectivity index (χ0n) is 15.2. The van der Waals surface area contributed by atoms with Crippen molar-refractivity contribution in [2.75, 3.05) is 18.6 Å². The minimum absolute atomic E-state index is 0.00231. The van der Waals surface area contributed by atoms with Gasteiger partial charge in [-0.3, -0.25) is 14.5 Å². The van der Waals surface area contributed by atoms with Gasteiger partial charge in [0.2, 0.25) is 0 Å². The van der Waals surface area contributed by atoms with Crippen LogP contribution in [0.3, 0.4) is 0 Å². The molecule has 0 fully saturated rings. The van der Waals surface area contributed by atoms with Crippen LogP contribution in [-0.2, 0) is 11.2 Å². The molecule has 3 heterocycles. The van der Waals surface area contributed by atoms with Crippen LogP contribution in [0.1, 0.15) is 21.8 Å². The summed E-state index contributed by atoms with van der Waals surface area (Å²) in [4.78, 5) is 30.7. The largest absolute Gasteiger partial charge is 0.487 e. The summed E-state index contributed by atoms with van der Waals surface area (Å²) in [6.45, 7) is 0.00231. The molecule has 2 amide bonds. The van der Waals surface area contributed by atoms with Crippen molar-refractivity contribution >= 4 is 17.6 Å². The molecular formula is C20H18N4O4. The summed E-state index contributed by atoms with van der Waals surface area (Å²) in [7, 11) is 1.59. The van der Waals surface area contributed by atoms with Crippen LogP contribution in [0.25, 0.3) is 0 Å². The lowest BCUT2D eigenvalue weighted by atomic mass is 10.1. The molecule has 3 aromatic rings. The molecule has 142 valence electrons. The van der Waals surface area contributed by atoms with Crippen molar-refractivity contribution in [3.05, 3.63) is 71.7 Å². The van der Waals surface area contributed by atoms with Gasteiger partial charge >= 0.3 is 0 Å². The van der Waals surface area contributed by atoms with E-state index in [1.165, 1.54) is 4.90 Å². The molecule has 8 heteroatoms. The van der Waals surface area contributed by atoms with Crippen molar-refractivity contribution in [3.8, 4) is 5.75 Å². The van der Waals surface area contributed by atoms with Gasteiger partial charge in [-0.1, -0.05) is 35.5 Å². The van der Waals surface area contributed by atoms with Gasteiger partial charge in [-0.25, -0.2) is 4.98 Å². The fourth-order valence-electron chi connectivity index (χ4n) is 2.97. The number of rotatable bonds is 4. The molecule has 0 aliphatic carbocycles. The van der Waals surface area contributed by atoms with Gasteiger partial charge in [0.05, 0.1) is 0 Å². The third kappa shape index (κ3) is 3.57. The molecule has 28 heavy (non-hydrogen) atoms. The quantitative estimate of drug-likeness (QED) is 0.744. The highest BCUT2D eigenvalue weighted by molar-refractivity contribution is 6.02.